The van der Waals surface area contributed by atoms with Crippen LogP contribution < -0.4 is 4.72 Å². The highest BCUT2D eigenvalue weighted by molar-refractivity contribution is 7.89. The van der Waals surface area contributed by atoms with Gasteiger partial charge < -0.3 is 9.64 Å². The SMILES string of the molecule is CCOC(=O)N1CCC(NS(=O)(=O)c2c(Cl)cccc2Cl)CC1. The van der Waals surface area contributed by atoms with Gasteiger partial charge in [-0.05, 0) is 31.9 Å². The predicted octanol–water partition coefficient (Wildman–Crippen LogP) is 2.89. The number of nitrogens with one attached hydrogen (secondary N) is 1. The molecule has 1 saturated heterocycles. The average molecular weight is 381 g/mol. The van der Waals surface area contributed by atoms with E-state index in [0.717, 1.165) is 0 Å². The van der Waals surface area contributed by atoms with E-state index in [0.29, 0.717) is 32.5 Å². The Labute approximate surface area is 145 Å². The third-order valence-electron chi connectivity index (χ3n) is 3.53. The summed E-state index contributed by atoms with van der Waals surface area (Å²) in [6.45, 7) is 2.92. The number of hydrogen-bond donors (Lipinski definition) is 1. The number of hydrogen-bond acceptors (Lipinski definition) is 4. The number of benzene rings is 1. The molecule has 1 aromatic rings. The van der Waals surface area contributed by atoms with E-state index in [2.05, 4.69) is 4.72 Å². The Balaban J connectivity index is 2.02. The quantitative estimate of drug-likeness (QED) is 0.870. The van der Waals surface area contributed by atoms with Crippen molar-refractivity contribution >= 4 is 39.3 Å². The van der Waals surface area contributed by atoms with Gasteiger partial charge in [-0.3, -0.25) is 0 Å². The molecule has 9 heteroatoms. The molecule has 1 fully saturated rings. The van der Waals surface area contributed by atoms with Crippen molar-refractivity contribution in [3.05, 3.63) is 28.2 Å². The smallest absolute Gasteiger partial charge is 0.409 e. The normalized spacial score (nSPS) is 16.4. The zero-order valence-corrected chi connectivity index (χ0v) is 14.9. The van der Waals surface area contributed by atoms with E-state index in [9.17, 15) is 13.2 Å². The molecule has 0 aliphatic carbocycles. The fourth-order valence-electron chi connectivity index (χ4n) is 2.41. The largest absolute Gasteiger partial charge is 0.450 e. The lowest BCUT2D eigenvalue weighted by molar-refractivity contribution is 0.0966. The minimum atomic E-state index is -3.82. The Bertz CT molecular complexity index is 653. The number of rotatable bonds is 4. The lowest BCUT2D eigenvalue weighted by Gasteiger charge is -2.31. The molecule has 128 valence electrons. The maximum Gasteiger partial charge on any atom is 0.409 e. The van der Waals surface area contributed by atoms with Gasteiger partial charge in [-0.15, -0.1) is 0 Å². The van der Waals surface area contributed by atoms with Crippen LogP contribution in [0.2, 0.25) is 10.0 Å². The van der Waals surface area contributed by atoms with Crippen molar-refractivity contribution in [2.75, 3.05) is 19.7 Å². The monoisotopic (exact) mass is 380 g/mol. The number of halogens is 2. The van der Waals surface area contributed by atoms with E-state index in [1.54, 1.807) is 17.9 Å². The molecule has 23 heavy (non-hydrogen) atoms. The number of ether oxygens (including phenoxy) is 1. The minimum Gasteiger partial charge on any atom is -0.450 e. The minimum absolute atomic E-state index is 0.0777. The predicted molar refractivity (Wildman–Crippen MR) is 88.4 cm³/mol. The van der Waals surface area contributed by atoms with Crippen LogP contribution in [-0.4, -0.2) is 45.1 Å². The summed E-state index contributed by atoms with van der Waals surface area (Å²) in [5.41, 5.74) is 0. The number of amides is 1. The fraction of sp³-hybridized carbons (Fsp3) is 0.500. The van der Waals surface area contributed by atoms with E-state index >= 15 is 0 Å². The Kier molecular flexibility index (Phi) is 6.13. The molecular weight excluding hydrogens is 363 g/mol. The lowest BCUT2D eigenvalue weighted by atomic mass is 10.1. The molecule has 1 amide bonds. The molecule has 0 unspecified atom stereocenters. The van der Waals surface area contributed by atoms with Gasteiger partial charge in [0.1, 0.15) is 4.90 Å². The number of piperidine rings is 1. The van der Waals surface area contributed by atoms with Crippen LogP contribution in [0.1, 0.15) is 19.8 Å². The van der Waals surface area contributed by atoms with E-state index in [4.69, 9.17) is 27.9 Å². The van der Waals surface area contributed by atoms with Crippen molar-refractivity contribution in [1.82, 2.24) is 9.62 Å². The highest BCUT2D eigenvalue weighted by Crippen LogP contribution is 2.29. The van der Waals surface area contributed by atoms with Gasteiger partial charge in [-0.25, -0.2) is 17.9 Å². The molecule has 1 aromatic carbocycles. The highest BCUT2D eigenvalue weighted by Gasteiger charge is 2.29. The third-order valence-corrected chi connectivity index (χ3v) is 6.01. The zero-order valence-electron chi connectivity index (χ0n) is 12.6. The standard InChI is InChI=1S/C14H18Cl2N2O4S/c1-2-22-14(19)18-8-6-10(7-9-18)17-23(20,21)13-11(15)4-3-5-12(13)16/h3-5,10,17H,2,6-9H2,1H3. The van der Waals surface area contributed by atoms with E-state index in [-0.39, 0.29) is 27.1 Å². The van der Waals surface area contributed by atoms with Crippen molar-refractivity contribution < 1.29 is 17.9 Å². The first-order valence-electron chi connectivity index (χ1n) is 7.23. The summed E-state index contributed by atoms with van der Waals surface area (Å²) < 4.78 is 32.5. The zero-order chi connectivity index (χ0) is 17.0. The number of sulfonamides is 1. The maximum atomic E-state index is 12.5. The van der Waals surface area contributed by atoms with Crippen molar-refractivity contribution in [1.29, 1.82) is 0 Å². The third kappa shape index (κ3) is 4.50. The number of carbonyl (C=O) groups excluding carboxylic acids is 1. The molecule has 1 aliphatic rings. The molecule has 1 aliphatic heterocycles. The van der Waals surface area contributed by atoms with Gasteiger partial charge in [0, 0.05) is 19.1 Å². The highest BCUT2D eigenvalue weighted by atomic mass is 35.5. The molecular formula is C14H18Cl2N2O4S. The molecule has 0 saturated carbocycles. The van der Waals surface area contributed by atoms with Crippen molar-refractivity contribution in [3.63, 3.8) is 0 Å². The van der Waals surface area contributed by atoms with Crippen LogP contribution in [0.3, 0.4) is 0 Å². The first-order chi connectivity index (χ1) is 10.8. The Morgan fingerprint density at radius 3 is 2.39 bits per heavy atom. The van der Waals surface area contributed by atoms with Crippen LogP contribution in [0, 0.1) is 0 Å². The second-order valence-corrected chi connectivity index (χ2v) is 7.60. The number of nitrogens with zero attached hydrogens (tertiary/aromatic N) is 1. The summed E-state index contributed by atoms with van der Waals surface area (Å²) in [5, 5.41) is 0.155. The lowest BCUT2D eigenvalue weighted by Crippen LogP contribution is -2.46. The van der Waals surface area contributed by atoms with E-state index < -0.39 is 10.0 Å². The average Bonchev–Trinajstić information content (AvgIpc) is 2.47. The van der Waals surface area contributed by atoms with Gasteiger partial charge in [0.05, 0.1) is 16.7 Å². The number of carbonyl (C=O) groups is 1. The molecule has 0 bridgehead atoms. The van der Waals surface area contributed by atoms with Crippen LogP contribution in [-0.2, 0) is 14.8 Å². The van der Waals surface area contributed by atoms with Gasteiger partial charge in [0.15, 0.2) is 0 Å². The maximum absolute atomic E-state index is 12.5. The molecule has 0 spiro atoms. The first-order valence-corrected chi connectivity index (χ1v) is 9.47. The van der Waals surface area contributed by atoms with Crippen molar-refractivity contribution in [3.8, 4) is 0 Å². The summed E-state index contributed by atoms with van der Waals surface area (Å²) >= 11 is 11.9. The van der Waals surface area contributed by atoms with Crippen molar-refractivity contribution in [2.24, 2.45) is 0 Å². The summed E-state index contributed by atoms with van der Waals surface area (Å²) in [6, 6.07) is 4.26. The molecule has 0 radical (unpaired) electrons. The van der Waals surface area contributed by atoms with Gasteiger partial charge in [-0.1, -0.05) is 29.3 Å². The second-order valence-electron chi connectivity index (χ2n) is 5.13. The van der Waals surface area contributed by atoms with E-state index in [1.807, 2.05) is 0 Å². The van der Waals surface area contributed by atoms with Crippen LogP contribution >= 0.6 is 23.2 Å². The fourth-order valence-corrected chi connectivity index (χ4v) is 4.86. The van der Waals surface area contributed by atoms with Crippen LogP contribution in [0.25, 0.3) is 0 Å². The molecule has 0 atom stereocenters. The van der Waals surface area contributed by atoms with Crippen molar-refractivity contribution in [2.45, 2.75) is 30.7 Å². The van der Waals surface area contributed by atoms with Crippen LogP contribution in [0.4, 0.5) is 4.79 Å². The van der Waals surface area contributed by atoms with Gasteiger partial charge in [-0.2, -0.15) is 0 Å². The van der Waals surface area contributed by atoms with Crippen LogP contribution in [0.5, 0.6) is 0 Å². The first kappa shape index (κ1) is 18.3. The molecule has 1 N–H and O–H groups in total. The summed E-state index contributed by atoms with van der Waals surface area (Å²) in [6.07, 6.45) is 0.628. The van der Waals surface area contributed by atoms with E-state index in [1.165, 1.54) is 12.1 Å². The molecule has 0 aromatic heterocycles. The van der Waals surface area contributed by atoms with Gasteiger partial charge in [0.2, 0.25) is 10.0 Å². The molecule has 2 rings (SSSR count). The Morgan fingerprint density at radius 2 is 1.87 bits per heavy atom. The Morgan fingerprint density at radius 1 is 1.30 bits per heavy atom. The second kappa shape index (κ2) is 7.70. The molecule has 1 heterocycles. The summed E-state index contributed by atoms with van der Waals surface area (Å²) in [5.74, 6) is 0. The Hall–Kier alpha value is -1.02. The number of likely N-dealkylation sites (tertiary alicyclic amines) is 1. The van der Waals surface area contributed by atoms with Gasteiger partial charge in [0.25, 0.3) is 0 Å². The topological polar surface area (TPSA) is 75.7 Å². The van der Waals surface area contributed by atoms with Crippen LogP contribution in [0.15, 0.2) is 23.1 Å². The summed E-state index contributed by atoms with van der Waals surface area (Å²) in [4.78, 5) is 13.1. The summed E-state index contributed by atoms with van der Waals surface area (Å²) in [7, 11) is -3.82. The van der Waals surface area contributed by atoms with Gasteiger partial charge >= 0.3 is 6.09 Å². The molecule has 6 nitrogen and oxygen atoms in total.